The third kappa shape index (κ3) is 19.9. The van der Waals surface area contributed by atoms with Crippen molar-refractivity contribution in [1.29, 1.82) is 0 Å². The molecular weight excluding hydrogens is 406 g/mol. The van der Waals surface area contributed by atoms with Gasteiger partial charge in [0, 0.05) is 13.1 Å². The van der Waals surface area contributed by atoms with Crippen LogP contribution < -0.4 is 16.0 Å². The Morgan fingerprint density at radius 1 is 0.700 bits per heavy atom. The van der Waals surface area contributed by atoms with Crippen molar-refractivity contribution in [2.24, 2.45) is 0 Å². The first-order valence-corrected chi connectivity index (χ1v) is 9.25. The summed E-state index contributed by atoms with van der Waals surface area (Å²) < 4.78 is 24.9. The number of nitrogens with one attached hydrogen (secondary N) is 3. The Kier molecular flexibility index (Phi) is 14.5. The second-order valence-electron chi connectivity index (χ2n) is 6.60. The number of carbonyl (C=O) groups excluding carboxylic acids is 3. The van der Waals surface area contributed by atoms with Crippen molar-refractivity contribution in [2.75, 3.05) is 59.3 Å². The lowest BCUT2D eigenvalue weighted by Crippen LogP contribution is -2.34. The van der Waals surface area contributed by atoms with Crippen molar-refractivity contribution >= 4 is 24.2 Å². The highest BCUT2D eigenvalue weighted by molar-refractivity contribution is 5.76. The molecule has 0 spiro atoms. The monoisotopic (exact) mass is 437 g/mol. The molecule has 0 aromatic heterocycles. The fraction of sp³-hybridized carbons (Fsp3) is 0.765. The Hall–Kier alpha value is -2.80. The maximum atomic E-state index is 11.4. The van der Waals surface area contributed by atoms with Crippen molar-refractivity contribution in [3.8, 4) is 0 Å². The number of carboxylic acids is 1. The van der Waals surface area contributed by atoms with E-state index in [1.807, 2.05) is 5.32 Å². The van der Waals surface area contributed by atoms with Gasteiger partial charge in [-0.05, 0) is 20.8 Å². The molecule has 0 unspecified atom stereocenters. The number of hydrogen-bond acceptors (Lipinski definition) is 9. The summed E-state index contributed by atoms with van der Waals surface area (Å²) in [6.45, 7) is 5.86. The summed E-state index contributed by atoms with van der Waals surface area (Å²) in [7, 11) is 0. The van der Waals surface area contributed by atoms with Crippen molar-refractivity contribution in [1.82, 2.24) is 16.0 Å². The van der Waals surface area contributed by atoms with Gasteiger partial charge in [0.25, 0.3) is 0 Å². The fourth-order valence-corrected chi connectivity index (χ4v) is 1.61. The van der Waals surface area contributed by atoms with Gasteiger partial charge >= 0.3 is 24.2 Å². The summed E-state index contributed by atoms with van der Waals surface area (Å²) in [6.07, 6.45) is -2.03. The average molecular weight is 437 g/mol. The minimum atomic E-state index is -1.18. The molecule has 13 heteroatoms. The largest absolute Gasteiger partial charge is 0.480 e. The molecule has 0 fully saturated rings. The van der Waals surface area contributed by atoms with Gasteiger partial charge in [0.05, 0.1) is 26.4 Å². The zero-order chi connectivity index (χ0) is 22.8. The Labute approximate surface area is 174 Å². The maximum absolute atomic E-state index is 11.4. The minimum absolute atomic E-state index is 0.0401. The van der Waals surface area contributed by atoms with E-state index in [0.29, 0.717) is 0 Å². The van der Waals surface area contributed by atoms with E-state index in [4.69, 9.17) is 24.1 Å². The highest BCUT2D eigenvalue weighted by Crippen LogP contribution is 2.05. The van der Waals surface area contributed by atoms with Crippen molar-refractivity contribution in [2.45, 2.75) is 26.4 Å². The quantitative estimate of drug-likeness (QED) is 0.215. The van der Waals surface area contributed by atoms with E-state index in [0.717, 1.165) is 0 Å². The van der Waals surface area contributed by atoms with Gasteiger partial charge in [-0.3, -0.25) is 4.79 Å². The van der Waals surface area contributed by atoms with Gasteiger partial charge < -0.3 is 44.7 Å². The van der Waals surface area contributed by atoms with Crippen molar-refractivity contribution in [3.63, 3.8) is 0 Å². The van der Waals surface area contributed by atoms with E-state index in [1.54, 1.807) is 20.8 Å². The predicted molar refractivity (Wildman–Crippen MR) is 102 cm³/mol. The van der Waals surface area contributed by atoms with Crippen LogP contribution in [-0.2, 0) is 28.5 Å². The highest BCUT2D eigenvalue weighted by atomic mass is 16.6. The number of aliphatic carboxylic acids is 1. The molecule has 0 aromatic rings. The Morgan fingerprint density at radius 3 is 1.63 bits per heavy atom. The fourth-order valence-electron chi connectivity index (χ4n) is 1.61. The highest BCUT2D eigenvalue weighted by Gasteiger charge is 2.15. The Bertz CT molecular complexity index is 536. The van der Waals surface area contributed by atoms with Crippen LogP contribution in [0.1, 0.15) is 20.8 Å². The Morgan fingerprint density at radius 2 is 1.17 bits per heavy atom. The van der Waals surface area contributed by atoms with Gasteiger partial charge in [0.1, 0.15) is 25.4 Å². The summed E-state index contributed by atoms with van der Waals surface area (Å²) >= 11 is 0. The van der Waals surface area contributed by atoms with E-state index >= 15 is 0 Å². The zero-order valence-corrected chi connectivity index (χ0v) is 17.5. The van der Waals surface area contributed by atoms with Crippen molar-refractivity contribution in [3.05, 3.63) is 0 Å². The number of alkyl carbamates (subject to hydrolysis) is 3. The molecule has 0 saturated carbocycles. The van der Waals surface area contributed by atoms with Crippen LogP contribution in [0.25, 0.3) is 0 Å². The summed E-state index contributed by atoms with van der Waals surface area (Å²) in [6, 6.07) is 0. The van der Waals surface area contributed by atoms with Crippen LogP contribution in [0.4, 0.5) is 14.4 Å². The number of rotatable bonds is 14. The second-order valence-corrected chi connectivity index (χ2v) is 6.60. The number of hydrogen-bond donors (Lipinski definition) is 4. The summed E-state index contributed by atoms with van der Waals surface area (Å²) in [4.78, 5) is 44.0. The molecule has 0 heterocycles. The molecule has 0 aliphatic carbocycles. The summed E-state index contributed by atoms with van der Waals surface area (Å²) in [5, 5.41) is 15.4. The molecule has 0 bridgehead atoms. The second kappa shape index (κ2) is 16.0. The lowest BCUT2D eigenvalue weighted by Gasteiger charge is -2.19. The molecule has 0 aliphatic rings. The van der Waals surface area contributed by atoms with Gasteiger partial charge in [-0.1, -0.05) is 0 Å². The van der Waals surface area contributed by atoms with Crippen LogP contribution in [0.2, 0.25) is 0 Å². The standard InChI is InChI=1S/C17H31N3O10/c1-17(2,3)30-16(25)19-5-7-27-8-10-28-14(23)18-4-6-26-9-11-29-15(24)20-12-13(21)22/h4-12H2,1-3H3,(H,18,23)(H,19,25)(H,20,24)(H,21,22). The molecular formula is C17H31N3O10. The van der Waals surface area contributed by atoms with Crippen LogP contribution in [0, 0.1) is 0 Å². The predicted octanol–water partition coefficient (Wildman–Crippen LogP) is 0.0813. The number of carbonyl (C=O) groups is 4. The molecule has 4 N–H and O–H groups in total. The minimum Gasteiger partial charge on any atom is -0.480 e. The van der Waals surface area contributed by atoms with E-state index in [9.17, 15) is 19.2 Å². The third-order valence-corrected chi connectivity index (χ3v) is 2.74. The normalized spacial score (nSPS) is 10.6. The zero-order valence-electron chi connectivity index (χ0n) is 17.5. The lowest BCUT2D eigenvalue weighted by atomic mass is 10.2. The molecule has 0 atom stereocenters. The molecule has 13 nitrogen and oxygen atoms in total. The molecule has 0 radical (unpaired) electrons. The van der Waals surface area contributed by atoms with Gasteiger partial charge in [0.2, 0.25) is 0 Å². The SMILES string of the molecule is CC(C)(C)OC(=O)NCCOCCOC(=O)NCCOCCOC(=O)NCC(=O)O. The molecule has 0 saturated heterocycles. The number of carboxylic acid groups (broad SMARTS) is 1. The Balaban J connectivity index is 3.41. The van der Waals surface area contributed by atoms with Gasteiger partial charge in [-0.25, -0.2) is 14.4 Å². The number of ether oxygens (including phenoxy) is 5. The van der Waals surface area contributed by atoms with Crippen LogP contribution in [0.15, 0.2) is 0 Å². The lowest BCUT2D eigenvalue weighted by molar-refractivity contribution is -0.135. The summed E-state index contributed by atoms with van der Waals surface area (Å²) in [5.74, 6) is -1.18. The molecule has 0 aliphatic heterocycles. The first-order valence-electron chi connectivity index (χ1n) is 9.25. The first kappa shape index (κ1) is 27.2. The van der Waals surface area contributed by atoms with E-state index in [2.05, 4.69) is 15.4 Å². The van der Waals surface area contributed by atoms with E-state index < -0.39 is 36.4 Å². The van der Waals surface area contributed by atoms with Crippen LogP contribution in [-0.4, -0.2) is 94.2 Å². The molecule has 174 valence electrons. The maximum Gasteiger partial charge on any atom is 0.407 e. The van der Waals surface area contributed by atoms with E-state index in [-0.39, 0.29) is 52.7 Å². The topological polar surface area (TPSA) is 171 Å². The van der Waals surface area contributed by atoms with Crippen LogP contribution >= 0.6 is 0 Å². The van der Waals surface area contributed by atoms with Gasteiger partial charge in [-0.2, -0.15) is 0 Å². The number of amides is 3. The smallest absolute Gasteiger partial charge is 0.407 e. The molecule has 0 aromatic carbocycles. The average Bonchev–Trinajstić information content (AvgIpc) is 2.63. The molecule has 3 amide bonds. The summed E-state index contributed by atoms with van der Waals surface area (Å²) in [5.41, 5.74) is -0.565. The van der Waals surface area contributed by atoms with Gasteiger partial charge in [0.15, 0.2) is 0 Å². The first-order chi connectivity index (χ1) is 14.1. The van der Waals surface area contributed by atoms with Crippen molar-refractivity contribution < 1.29 is 48.0 Å². The molecule has 30 heavy (non-hydrogen) atoms. The van der Waals surface area contributed by atoms with Crippen LogP contribution in [0.5, 0.6) is 0 Å². The van der Waals surface area contributed by atoms with Crippen LogP contribution in [0.3, 0.4) is 0 Å². The van der Waals surface area contributed by atoms with Gasteiger partial charge in [-0.15, -0.1) is 0 Å². The van der Waals surface area contributed by atoms with E-state index in [1.165, 1.54) is 0 Å². The molecule has 0 rings (SSSR count). The third-order valence-electron chi connectivity index (χ3n) is 2.74.